The molecule has 1 aliphatic rings. The standard InChI is InChI=1S/C9H18OS/c1-9-5-3-2-4-7-11(10)8-6-9/h9H,2-8H2,1H3. The van der Waals surface area contributed by atoms with Gasteiger partial charge in [0, 0.05) is 22.3 Å². The average molecular weight is 174 g/mol. The second-order valence-electron chi connectivity index (χ2n) is 3.59. The first-order valence-electron chi connectivity index (χ1n) is 4.64. The van der Waals surface area contributed by atoms with Crippen molar-refractivity contribution in [3.63, 3.8) is 0 Å². The van der Waals surface area contributed by atoms with Crippen molar-refractivity contribution in [3.05, 3.63) is 0 Å². The second kappa shape index (κ2) is 4.91. The molecule has 1 rings (SSSR count). The lowest BCUT2D eigenvalue weighted by Crippen LogP contribution is -2.04. The Balaban J connectivity index is 2.31. The summed E-state index contributed by atoms with van der Waals surface area (Å²) in [6.45, 7) is 2.28. The normalized spacial score (nSPS) is 35.4. The molecule has 1 heterocycles. The van der Waals surface area contributed by atoms with Gasteiger partial charge in [-0.05, 0) is 18.8 Å². The zero-order valence-corrected chi connectivity index (χ0v) is 8.16. The van der Waals surface area contributed by atoms with Crippen molar-refractivity contribution in [3.8, 4) is 0 Å². The van der Waals surface area contributed by atoms with Crippen LogP contribution >= 0.6 is 0 Å². The van der Waals surface area contributed by atoms with E-state index in [2.05, 4.69) is 6.92 Å². The summed E-state index contributed by atoms with van der Waals surface area (Å²) in [7, 11) is -0.500. The van der Waals surface area contributed by atoms with Gasteiger partial charge in [0.2, 0.25) is 0 Å². The lowest BCUT2D eigenvalue weighted by Gasteiger charge is -2.06. The summed E-state index contributed by atoms with van der Waals surface area (Å²) in [5, 5.41) is 0. The molecule has 2 atom stereocenters. The highest BCUT2D eigenvalue weighted by molar-refractivity contribution is 7.84. The van der Waals surface area contributed by atoms with Crippen LogP contribution in [-0.4, -0.2) is 15.7 Å². The van der Waals surface area contributed by atoms with Gasteiger partial charge in [0.1, 0.15) is 0 Å². The number of hydrogen-bond donors (Lipinski definition) is 0. The minimum absolute atomic E-state index is 0.500. The molecule has 0 aromatic rings. The zero-order chi connectivity index (χ0) is 8.10. The van der Waals surface area contributed by atoms with Crippen molar-refractivity contribution in [1.29, 1.82) is 0 Å². The first-order valence-corrected chi connectivity index (χ1v) is 6.13. The lowest BCUT2D eigenvalue weighted by molar-refractivity contribution is 0.489. The highest BCUT2D eigenvalue weighted by Crippen LogP contribution is 2.16. The van der Waals surface area contributed by atoms with E-state index in [-0.39, 0.29) is 0 Å². The van der Waals surface area contributed by atoms with Crippen LogP contribution in [0.2, 0.25) is 0 Å². The average Bonchev–Trinajstić information content (AvgIpc) is 2.06. The Morgan fingerprint density at radius 2 is 1.91 bits per heavy atom. The molecule has 2 unspecified atom stereocenters. The molecule has 1 aliphatic heterocycles. The van der Waals surface area contributed by atoms with Gasteiger partial charge in [0.05, 0.1) is 0 Å². The molecule has 0 saturated carbocycles. The third-order valence-corrected chi connectivity index (χ3v) is 3.84. The molecule has 0 amide bonds. The van der Waals surface area contributed by atoms with Gasteiger partial charge in [0.15, 0.2) is 0 Å². The molecule has 1 fully saturated rings. The minimum atomic E-state index is -0.500. The van der Waals surface area contributed by atoms with E-state index < -0.39 is 10.8 Å². The molecule has 2 heteroatoms. The molecule has 11 heavy (non-hydrogen) atoms. The van der Waals surface area contributed by atoms with E-state index in [0.29, 0.717) is 0 Å². The van der Waals surface area contributed by atoms with Gasteiger partial charge in [-0.3, -0.25) is 4.21 Å². The first-order chi connectivity index (χ1) is 5.29. The van der Waals surface area contributed by atoms with Gasteiger partial charge in [0.25, 0.3) is 0 Å². The Morgan fingerprint density at radius 1 is 1.09 bits per heavy atom. The van der Waals surface area contributed by atoms with Crippen molar-refractivity contribution in [2.75, 3.05) is 11.5 Å². The zero-order valence-electron chi connectivity index (χ0n) is 7.34. The molecule has 0 N–H and O–H groups in total. The smallest absolute Gasteiger partial charge is 0.0237 e. The van der Waals surface area contributed by atoms with Gasteiger partial charge < -0.3 is 0 Å². The van der Waals surface area contributed by atoms with Gasteiger partial charge in [-0.15, -0.1) is 0 Å². The van der Waals surface area contributed by atoms with Crippen LogP contribution in [0, 0.1) is 5.92 Å². The van der Waals surface area contributed by atoms with Crippen LogP contribution in [0.25, 0.3) is 0 Å². The monoisotopic (exact) mass is 174 g/mol. The lowest BCUT2D eigenvalue weighted by atomic mass is 10.0. The predicted molar refractivity (Wildman–Crippen MR) is 50.1 cm³/mol. The summed E-state index contributed by atoms with van der Waals surface area (Å²) in [4.78, 5) is 0. The topological polar surface area (TPSA) is 17.1 Å². The molecule has 0 aromatic heterocycles. The Bertz CT molecular complexity index is 134. The summed E-state index contributed by atoms with van der Waals surface area (Å²) in [5.41, 5.74) is 0. The molecule has 1 saturated heterocycles. The van der Waals surface area contributed by atoms with Crippen LogP contribution < -0.4 is 0 Å². The van der Waals surface area contributed by atoms with Gasteiger partial charge in [-0.1, -0.05) is 26.2 Å². The van der Waals surface area contributed by atoms with Gasteiger partial charge >= 0.3 is 0 Å². The van der Waals surface area contributed by atoms with Gasteiger partial charge in [-0.2, -0.15) is 0 Å². The summed E-state index contributed by atoms with van der Waals surface area (Å²) >= 11 is 0. The molecular weight excluding hydrogens is 156 g/mol. The Morgan fingerprint density at radius 3 is 2.73 bits per heavy atom. The number of rotatable bonds is 0. The largest absolute Gasteiger partial charge is 0.260 e. The van der Waals surface area contributed by atoms with E-state index in [0.717, 1.165) is 17.4 Å². The SMILES string of the molecule is CC1CCCCCS(=O)CC1. The fourth-order valence-electron chi connectivity index (χ4n) is 1.51. The summed E-state index contributed by atoms with van der Waals surface area (Å²) in [6.07, 6.45) is 6.33. The van der Waals surface area contributed by atoms with Gasteiger partial charge in [-0.25, -0.2) is 0 Å². The van der Waals surface area contributed by atoms with E-state index >= 15 is 0 Å². The Labute approximate surface area is 72.0 Å². The van der Waals surface area contributed by atoms with Crippen molar-refractivity contribution in [1.82, 2.24) is 0 Å². The molecule has 0 radical (unpaired) electrons. The van der Waals surface area contributed by atoms with Crippen molar-refractivity contribution < 1.29 is 4.21 Å². The Kier molecular flexibility index (Phi) is 4.13. The molecule has 1 nitrogen and oxygen atoms in total. The molecule has 66 valence electrons. The van der Waals surface area contributed by atoms with Crippen LogP contribution in [0.1, 0.15) is 39.0 Å². The van der Waals surface area contributed by atoms with Crippen LogP contribution in [0.5, 0.6) is 0 Å². The quantitative estimate of drug-likeness (QED) is 0.551. The maximum atomic E-state index is 11.2. The first kappa shape index (κ1) is 9.24. The van der Waals surface area contributed by atoms with Crippen LogP contribution in [0.3, 0.4) is 0 Å². The molecule has 0 aromatic carbocycles. The summed E-state index contributed by atoms with van der Waals surface area (Å²) in [6, 6.07) is 0. The highest BCUT2D eigenvalue weighted by Gasteiger charge is 2.08. The fraction of sp³-hybridized carbons (Fsp3) is 1.00. The van der Waals surface area contributed by atoms with E-state index in [1.165, 1.54) is 32.1 Å². The van der Waals surface area contributed by atoms with Crippen molar-refractivity contribution in [2.24, 2.45) is 5.92 Å². The third-order valence-electron chi connectivity index (χ3n) is 2.41. The molecular formula is C9H18OS. The van der Waals surface area contributed by atoms with E-state index in [1.807, 2.05) is 0 Å². The highest BCUT2D eigenvalue weighted by atomic mass is 32.2. The van der Waals surface area contributed by atoms with Crippen LogP contribution in [0.4, 0.5) is 0 Å². The summed E-state index contributed by atoms with van der Waals surface area (Å²) < 4.78 is 11.2. The van der Waals surface area contributed by atoms with E-state index in [4.69, 9.17) is 0 Å². The minimum Gasteiger partial charge on any atom is -0.260 e. The Hall–Kier alpha value is 0.150. The maximum Gasteiger partial charge on any atom is 0.0237 e. The molecule has 0 aliphatic carbocycles. The third kappa shape index (κ3) is 3.90. The fourth-order valence-corrected chi connectivity index (χ4v) is 2.91. The number of hydrogen-bond acceptors (Lipinski definition) is 1. The van der Waals surface area contributed by atoms with Crippen molar-refractivity contribution in [2.45, 2.75) is 39.0 Å². The second-order valence-corrected chi connectivity index (χ2v) is 5.29. The van der Waals surface area contributed by atoms with E-state index in [1.54, 1.807) is 0 Å². The predicted octanol–water partition coefficient (Wildman–Crippen LogP) is 2.34. The van der Waals surface area contributed by atoms with E-state index in [9.17, 15) is 4.21 Å². The maximum absolute atomic E-state index is 11.2. The van der Waals surface area contributed by atoms with Crippen LogP contribution in [-0.2, 0) is 10.8 Å². The molecule has 0 spiro atoms. The molecule has 0 bridgehead atoms. The van der Waals surface area contributed by atoms with Crippen LogP contribution in [0.15, 0.2) is 0 Å². The summed E-state index contributed by atoms with van der Waals surface area (Å²) in [5.74, 6) is 2.70. The van der Waals surface area contributed by atoms with Crippen molar-refractivity contribution >= 4 is 10.8 Å².